The first-order valence-electron chi connectivity index (χ1n) is 7.65. The van der Waals surface area contributed by atoms with Crippen molar-refractivity contribution in [1.29, 1.82) is 0 Å². The Morgan fingerprint density at radius 3 is 2.63 bits per heavy atom. The Balaban J connectivity index is 1.93. The van der Waals surface area contributed by atoms with Crippen LogP contribution in [0.3, 0.4) is 0 Å². The van der Waals surface area contributed by atoms with Crippen LogP contribution in [-0.4, -0.2) is 19.3 Å². The second kappa shape index (κ2) is 7.06. The molecule has 1 saturated carbocycles. The summed E-state index contributed by atoms with van der Waals surface area (Å²) >= 11 is 0. The Labute approximate surface area is 117 Å². The molecule has 1 aromatic carbocycles. The van der Waals surface area contributed by atoms with Gasteiger partial charge in [0.25, 0.3) is 0 Å². The maximum atomic E-state index is 5.66. The highest BCUT2D eigenvalue weighted by Gasteiger charge is 2.31. The average Bonchev–Trinajstić information content (AvgIpc) is 2.36. The van der Waals surface area contributed by atoms with Crippen molar-refractivity contribution in [3.05, 3.63) is 35.4 Å². The van der Waals surface area contributed by atoms with Crippen molar-refractivity contribution in [2.24, 2.45) is 5.92 Å². The van der Waals surface area contributed by atoms with Crippen LogP contribution in [0.1, 0.15) is 50.3 Å². The van der Waals surface area contributed by atoms with E-state index in [-0.39, 0.29) is 0 Å². The summed E-state index contributed by atoms with van der Waals surface area (Å²) in [6.07, 6.45) is 4.24. The summed E-state index contributed by atoms with van der Waals surface area (Å²) in [6.45, 7) is 8.37. The van der Waals surface area contributed by atoms with Gasteiger partial charge in [0.1, 0.15) is 0 Å². The fourth-order valence-electron chi connectivity index (χ4n) is 3.12. The summed E-state index contributed by atoms with van der Waals surface area (Å²) < 4.78 is 5.66. The van der Waals surface area contributed by atoms with Gasteiger partial charge >= 0.3 is 0 Å². The molecule has 0 heterocycles. The maximum Gasteiger partial charge on any atom is 0.0580 e. The molecule has 106 valence electrons. The minimum absolute atomic E-state index is 0.499. The Morgan fingerprint density at radius 1 is 1.26 bits per heavy atom. The molecule has 1 N–H and O–H groups in total. The standard InChI is InChI=1S/C17H27NO/c1-4-18-17(16-9-7-6-8-13(16)3)12-14-10-15(11-14)19-5-2/h6-9,14-15,17-18H,4-5,10-12H2,1-3H3. The lowest BCUT2D eigenvalue weighted by molar-refractivity contribution is -0.0291. The Kier molecular flexibility index (Phi) is 5.41. The largest absolute Gasteiger partial charge is 0.378 e. The van der Waals surface area contributed by atoms with Crippen molar-refractivity contribution in [2.75, 3.05) is 13.2 Å². The van der Waals surface area contributed by atoms with Crippen molar-refractivity contribution in [3.63, 3.8) is 0 Å². The summed E-state index contributed by atoms with van der Waals surface area (Å²) in [4.78, 5) is 0. The molecular formula is C17H27NO. The molecule has 19 heavy (non-hydrogen) atoms. The average molecular weight is 261 g/mol. The van der Waals surface area contributed by atoms with Gasteiger partial charge in [-0.2, -0.15) is 0 Å². The van der Waals surface area contributed by atoms with Crippen LogP contribution in [0, 0.1) is 12.8 Å². The highest BCUT2D eigenvalue weighted by Crippen LogP contribution is 2.37. The molecule has 0 aliphatic heterocycles. The fourth-order valence-corrected chi connectivity index (χ4v) is 3.12. The van der Waals surface area contributed by atoms with E-state index in [0.29, 0.717) is 12.1 Å². The summed E-state index contributed by atoms with van der Waals surface area (Å²) in [5, 5.41) is 3.64. The molecule has 0 radical (unpaired) electrons. The molecule has 1 aromatic rings. The van der Waals surface area contributed by atoms with Crippen LogP contribution in [0.15, 0.2) is 24.3 Å². The van der Waals surface area contributed by atoms with Gasteiger partial charge < -0.3 is 10.1 Å². The van der Waals surface area contributed by atoms with E-state index in [1.165, 1.54) is 30.4 Å². The van der Waals surface area contributed by atoms with E-state index in [9.17, 15) is 0 Å². The molecular weight excluding hydrogens is 234 g/mol. The van der Waals surface area contributed by atoms with E-state index in [1.807, 2.05) is 0 Å². The van der Waals surface area contributed by atoms with E-state index in [2.05, 4.69) is 50.4 Å². The number of hydrogen-bond donors (Lipinski definition) is 1. The van der Waals surface area contributed by atoms with Gasteiger partial charge in [-0.15, -0.1) is 0 Å². The number of aryl methyl sites for hydroxylation is 1. The van der Waals surface area contributed by atoms with Crippen LogP contribution >= 0.6 is 0 Å². The van der Waals surface area contributed by atoms with Gasteiger partial charge in [-0.1, -0.05) is 31.2 Å². The Morgan fingerprint density at radius 2 is 2.00 bits per heavy atom. The first kappa shape index (κ1) is 14.5. The zero-order valence-corrected chi connectivity index (χ0v) is 12.5. The molecule has 0 aromatic heterocycles. The smallest absolute Gasteiger partial charge is 0.0580 e. The van der Waals surface area contributed by atoms with Gasteiger partial charge in [0.2, 0.25) is 0 Å². The van der Waals surface area contributed by atoms with E-state index in [4.69, 9.17) is 4.74 Å². The topological polar surface area (TPSA) is 21.3 Å². The van der Waals surface area contributed by atoms with Gasteiger partial charge in [-0.05, 0) is 56.7 Å². The maximum absolute atomic E-state index is 5.66. The molecule has 2 heteroatoms. The van der Waals surface area contributed by atoms with Gasteiger partial charge in [0.05, 0.1) is 6.10 Å². The Hall–Kier alpha value is -0.860. The molecule has 1 unspecified atom stereocenters. The first-order chi connectivity index (χ1) is 9.24. The van der Waals surface area contributed by atoms with Crippen molar-refractivity contribution >= 4 is 0 Å². The summed E-state index contributed by atoms with van der Waals surface area (Å²) in [5.41, 5.74) is 2.86. The van der Waals surface area contributed by atoms with Crippen molar-refractivity contribution in [3.8, 4) is 0 Å². The first-order valence-corrected chi connectivity index (χ1v) is 7.65. The van der Waals surface area contributed by atoms with Gasteiger partial charge in [0.15, 0.2) is 0 Å². The van der Waals surface area contributed by atoms with Crippen LogP contribution in [0.25, 0.3) is 0 Å². The molecule has 2 nitrogen and oxygen atoms in total. The normalized spacial score (nSPS) is 23.9. The highest BCUT2D eigenvalue weighted by atomic mass is 16.5. The highest BCUT2D eigenvalue weighted by molar-refractivity contribution is 5.28. The number of nitrogens with one attached hydrogen (secondary N) is 1. The van der Waals surface area contributed by atoms with E-state index in [1.54, 1.807) is 0 Å². The molecule has 0 spiro atoms. The monoisotopic (exact) mass is 261 g/mol. The van der Waals surface area contributed by atoms with Crippen molar-refractivity contribution < 1.29 is 4.74 Å². The third-order valence-electron chi connectivity index (χ3n) is 4.18. The SMILES string of the molecule is CCNC(CC1CC(OCC)C1)c1ccccc1C. The summed E-state index contributed by atoms with van der Waals surface area (Å²) in [7, 11) is 0. The molecule has 1 aliphatic rings. The molecule has 1 aliphatic carbocycles. The second-order valence-electron chi connectivity index (χ2n) is 5.62. The molecule has 1 atom stereocenters. The number of ether oxygens (including phenoxy) is 1. The van der Waals surface area contributed by atoms with Crippen LogP contribution in [0.2, 0.25) is 0 Å². The van der Waals surface area contributed by atoms with Crippen LogP contribution in [0.4, 0.5) is 0 Å². The molecule has 0 amide bonds. The molecule has 2 rings (SSSR count). The molecule has 0 bridgehead atoms. The Bertz CT molecular complexity index is 385. The van der Waals surface area contributed by atoms with Crippen LogP contribution in [0.5, 0.6) is 0 Å². The summed E-state index contributed by atoms with van der Waals surface area (Å²) in [5.74, 6) is 0.820. The van der Waals surface area contributed by atoms with E-state index >= 15 is 0 Å². The van der Waals surface area contributed by atoms with Crippen molar-refractivity contribution in [2.45, 2.75) is 52.2 Å². The zero-order valence-electron chi connectivity index (χ0n) is 12.5. The van der Waals surface area contributed by atoms with E-state index < -0.39 is 0 Å². The number of benzene rings is 1. The lowest BCUT2D eigenvalue weighted by atomic mass is 9.77. The van der Waals surface area contributed by atoms with Gasteiger partial charge in [0, 0.05) is 12.6 Å². The van der Waals surface area contributed by atoms with Crippen LogP contribution < -0.4 is 5.32 Å². The van der Waals surface area contributed by atoms with Gasteiger partial charge in [-0.25, -0.2) is 0 Å². The predicted molar refractivity (Wildman–Crippen MR) is 80.4 cm³/mol. The minimum Gasteiger partial charge on any atom is -0.378 e. The lowest BCUT2D eigenvalue weighted by Gasteiger charge is -2.37. The third kappa shape index (κ3) is 3.80. The number of rotatable bonds is 7. The molecule has 0 saturated heterocycles. The third-order valence-corrected chi connectivity index (χ3v) is 4.18. The predicted octanol–water partition coefficient (Wildman–Crippen LogP) is 3.85. The summed E-state index contributed by atoms with van der Waals surface area (Å²) in [6, 6.07) is 9.25. The number of hydrogen-bond acceptors (Lipinski definition) is 2. The fraction of sp³-hybridized carbons (Fsp3) is 0.647. The van der Waals surface area contributed by atoms with Gasteiger partial charge in [-0.3, -0.25) is 0 Å². The lowest BCUT2D eigenvalue weighted by Crippen LogP contribution is -2.35. The second-order valence-corrected chi connectivity index (χ2v) is 5.62. The van der Waals surface area contributed by atoms with E-state index in [0.717, 1.165) is 19.1 Å². The minimum atomic E-state index is 0.499. The van der Waals surface area contributed by atoms with Crippen LogP contribution in [-0.2, 0) is 4.74 Å². The van der Waals surface area contributed by atoms with Crippen molar-refractivity contribution in [1.82, 2.24) is 5.32 Å². The zero-order chi connectivity index (χ0) is 13.7. The quantitative estimate of drug-likeness (QED) is 0.805. The molecule has 1 fully saturated rings.